The highest BCUT2D eigenvalue weighted by Crippen LogP contribution is 2.19. The lowest BCUT2D eigenvalue weighted by Gasteiger charge is -2.18. The van der Waals surface area contributed by atoms with E-state index in [1.807, 2.05) is 13.8 Å². The molecule has 2 atom stereocenters. The van der Waals surface area contributed by atoms with E-state index >= 15 is 0 Å². The molecule has 100 valence electrons. The number of hydrogen-bond donors (Lipinski definition) is 2. The van der Waals surface area contributed by atoms with Crippen molar-refractivity contribution in [3.8, 4) is 0 Å². The van der Waals surface area contributed by atoms with Gasteiger partial charge in [-0.15, -0.1) is 0 Å². The lowest BCUT2D eigenvalue weighted by atomic mass is 10.2. The van der Waals surface area contributed by atoms with Crippen molar-refractivity contribution in [3.63, 3.8) is 0 Å². The fraction of sp³-hybridized carbons (Fsp3) is 0.462. The normalized spacial score (nSPS) is 13.8. The summed E-state index contributed by atoms with van der Waals surface area (Å²) >= 11 is 5.66. The Bertz CT molecular complexity index is 425. The number of amides is 1. The molecule has 0 bridgehead atoms. The van der Waals surface area contributed by atoms with E-state index in [1.54, 1.807) is 13.0 Å². The van der Waals surface area contributed by atoms with E-state index in [-0.39, 0.29) is 17.6 Å². The predicted octanol–water partition coefficient (Wildman–Crippen LogP) is 3.19. The van der Waals surface area contributed by atoms with Crippen LogP contribution in [0.3, 0.4) is 0 Å². The minimum atomic E-state index is -0.505. The molecule has 0 fully saturated rings. The molecular formula is C13H18ClFN2O. The second kappa shape index (κ2) is 6.59. The number of nitrogens with one attached hydrogen (secondary N) is 2. The maximum absolute atomic E-state index is 13.5. The van der Waals surface area contributed by atoms with E-state index in [0.717, 1.165) is 6.42 Å². The van der Waals surface area contributed by atoms with Crippen LogP contribution in [0.4, 0.5) is 10.1 Å². The Labute approximate surface area is 112 Å². The number of anilines is 1. The first kappa shape index (κ1) is 14.8. The van der Waals surface area contributed by atoms with Gasteiger partial charge in [0.2, 0.25) is 5.91 Å². The van der Waals surface area contributed by atoms with E-state index in [9.17, 15) is 9.18 Å². The Hall–Kier alpha value is -1.29. The first-order valence-electron chi connectivity index (χ1n) is 5.96. The average Bonchev–Trinajstić information content (AvgIpc) is 2.32. The molecule has 2 N–H and O–H groups in total. The Balaban J connectivity index is 2.63. The number of carbonyl (C=O) groups excluding carboxylic acids is 1. The molecule has 0 saturated heterocycles. The molecule has 5 heteroatoms. The van der Waals surface area contributed by atoms with Crippen LogP contribution in [0.1, 0.15) is 27.2 Å². The minimum Gasteiger partial charge on any atom is -0.372 e. The second-order valence-corrected chi connectivity index (χ2v) is 4.74. The Kier molecular flexibility index (Phi) is 5.41. The van der Waals surface area contributed by atoms with Gasteiger partial charge in [0.25, 0.3) is 0 Å². The third kappa shape index (κ3) is 4.18. The Morgan fingerprint density at radius 3 is 2.67 bits per heavy atom. The van der Waals surface area contributed by atoms with Gasteiger partial charge in [0.15, 0.2) is 0 Å². The maximum atomic E-state index is 13.5. The van der Waals surface area contributed by atoms with Crippen molar-refractivity contribution in [2.45, 2.75) is 39.3 Å². The van der Waals surface area contributed by atoms with Crippen molar-refractivity contribution in [1.82, 2.24) is 5.32 Å². The third-order valence-corrected chi connectivity index (χ3v) is 2.93. The topological polar surface area (TPSA) is 41.1 Å². The molecule has 1 aromatic carbocycles. The van der Waals surface area contributed by atoms with Crippen LogP contribution in [0.5, 0.6) is 0 Å². The van der Waals surface area contributed by atoms with E-state index in [4.69, 9.17) is 11.6 Å². The largest absolute Gasteiger partial charge is 0.372 e. The second-order valence-electron chi connectivity index (χ2n) is 4.31. The molecule has 3 nitrogen and oxygen atoms in total. The van der Waals surface area contributed by atoms with Crippen molar-refractivity contribution in [1.29, 1.82) is 0 Å². The van der Waals surface area contributed by atoms with Crippen molar-refractivity contribution >= 4 is 23.2 Å². The smallest absolute Gasteiger partial charge is 0.242 e. The average molecular weight is 273 g/mol. The number of halogens is 2. The minimum absolute atomic E-state index is 0.108. The highest BCUT2D eigenvalue weighted by Gasteiger charge is 2.15. The van der Waals surface area contributed by atoms with Crippen LogP contribution in [0.2, 0.25) is 5.02 Å². The predicted molar refractivity (Wildman–Crippen MR) is 72.4 cm³/mol. The Morgan fingerprint density at radius 1 is 1.44 bits per heavy atom. The van der Waals surface area contributed by atoms with Crippen LogP contribution >= 0.6 is 11.6 Å². The van der Waals surface area contributed by atoms with E-state index in [1.165, 1.54) is 12.1 Å². The van der Waals surface area contributed by atoms with Crippen LogP contribution < -0.4 is 10.6 Å². The number of carbonyl (C=O) groups is 1. The molecule has 18 heavy (non-hydrogen) atoms. The first-order valence-corrected chi connectivity index (χ1v) is 6.33. The molecule has 2 unspecified atom stereocenters. The lowest BCUT2D eigenvalue weighted by Crippen LogP contribution is -2.42. The summed E-state index contributed by atoms with van der Waals surface area (Å²) < 4.78 is 13.5. The maximum Gasteiger partial charge on any atom is 0.242 e. The van der Waals surface area contributed by atoms with Crippen LogP contribution in [0.15, 0.2) is 18.2 Å². The van der Waals surface area contributed by atoms with Gasteiger partial charge in [0.1, 0.15) is 11.9 Å². The van der Waals surface area contributed by atoms with Crippen molar-refractivity contribution < 1.29 is 9.18 Å². The summed E-state index contributed by atoms with van der Waals surface area (Å²) in [5, 5.41) is 5.98. The third-order valence-electron chi connectivity index (χ3n) is 2.70. The van der Waals surface area contributed by atoms with Gasteiger partial charge in [0, 0.05) is 11.1 Å². The zero-order valence-electron chi connectivity index (χ0n) is 10.8. The lowest BCUT2D eigenvalue weighted by molar-refractivity contribution is -0.122. The monoisotopic (exact) mass is 272 g/mol. The zero-order valence-corrected chi connectivity index (χ0v) is 11.5. The SMILES string of the molecule is CCC(C)NC(=O)C(C)Nc1ccc(Cl)cc1F. The molecule has 0 saturated carbocycles. The first-order chi connectivity index (χ1) is 8.43. The summed E-state index contributed by atoms with van der Waals surface area (Å²) in [6.07, 6.45) is 0.855. The molecule has 1 rings (SSSR count). The number of hydrogen-bond acceptors (Lipinski definition) is 2. The van der Waals surface area contributed by atoms with Crippen LogP contribution in [-0.4, -0.2) is 18.0 Å². The molecule has 0 aromatic heterocycles. The van der Waals surface area contributed by atoms with Crippen molar-refractivity contribution in [2.24, 2.45) is 0 Å². The van der Waals surface area contributed by atoms with Crippen LogP contribution in [0, 0.1) is 5.82 Å². The number of rotatable bonds is 5. The van der Waals surface area contributed by atoms with E-state index in [2.05, 4.69) is 10.6 Å². The summed E-state index contributed by atoms with van der Waals surface area (Å²) in [6, 6.07) is 3.91. The standard InChI is InChI=1S/C13H18ClFN2O/c1-4-8(2)16-13(18)9(3)17-12-6-5-10(14)7-11(12)15/h5-9,17H,4H2,1-3H3,(H,16,18). The van der Waals surface area contributed by atoms with Crippen molar-refractivity contribution in [2.75, 3.05) is 5.32 Å². The van der Waals surface area contributed by atoms with Gasteiger partial charge in [-0.2, -0.15) is 0 Å². The molecular weight excluding hydrogens is 255 g/mol. The van der Waals surface area contributed by atoms with Gasteiger partial charge in [-0.3, -0.25) is 4.79 Å². The van der Waals surface area contributed by atoms with E-state index < -0.39 is 11.9 Å². The summed E-state index contributed by atoms with van der Waals surface area (Å²) in [7, 11) is 0. The Morgan fingerprint density at radius 2 is 2.11 bits per heavy atom. The molecule has 0 aliphatic rings. The fourth-order valence-corrected chi connectivity index (χ4v) is 1.53. The van der Waals surface area contributed by atoms with Crippen LogP contribution in [0.25, 0.3) is 0 Å². The molecule has 0 aliphatic carbocycles. The quantitative estimate of drug-likeness (QED) is 0.864. The molecule has 0 aliphatic heterocycles. The molecule has 1 aromatic rings. The highest BCUT2D eigenvalue weighted by atomic mass is 35.5. The summed E-state index contributed by atoms with van der Waals surface area (Å²) in [4.78, 5) is 11.8. The zero-order chi connectivity index (χ0) is 13.7. The fourth-order valence-electron chi connectivity index (χ4n) is 1.38. The van der Waals surface area contributed by atoms with Crippen molar-refractivity contribution in [3.05, 3.63) is 29.0 Å². The van der Waals surface area contributed by atoms with Gasteiger partial charge in [-0.05, 0) is 38.5 Å². The molecule has 0 spiro atoms. The molecule has 1 amide bonds. The van der Waals surface area contributed by atoms with Gasteiger partial charge in [-0.1, -0.05) is 18.5 Å². The summed E-state index contributed by atoms with van der Waals surface area (Å²) in [6.45, 7) is 5.60. The van der Waals surface area contributed by atoms with Gasteiger partial charge in [-0.25, -0.2) is 4.39 Å². The van der Waals surface area contributed by atoms with E-state index in [0.29, 0.717) is 5.02 Å². The summed E-state index contributed by atoms with van der Waals surface area (Å²) in [5.74, 6) is -0.621. The molecule has 0 heterocycles. The van der Waals surface area contributed by atoms with Gasteiger partial charge >= 0.3 is 0 Å². The number of benzene rings is 1. The highest BCUT2D eigenvalue weighted by molar-refractivity contribution is 6.30. The van der Waals surface area contributed by atoms with Gasteiger partial charge in [0.05, 0.1) is 5.69 Å². The van der Waals surface area contributed by atoms with Crippen LogP contribution in [-0.2, 0) is 4.79 Å². The van der Waals surface area contributed by atoms with Gasteiger partial charge < -0.3 is 10.6 Å². The summed E-state index contributed by atoms with van der Waals surface area (Å²) in [5.41, 5.74) is 0.270. The molecule has 0 radical (unpaired) electrons.